The number of rotatable bonds is 3. The number of fused-ring (bicyclic) bond motifs is 14. The van der Waals surface area contributed by atoms with Crippen LogP contribution in [0.3, 0.4) is 0 Å². The highest BCUT2D eigenvalue weighted by molar-refractivity contribution is 7.25. The Morgan fingerprint density at radius 1 is 0.292 bits per heavy atom. The molecule has 1 heterocycles. The molecule has 0 spiro atoms. The summed E-state index contributed by atoms with van der Waals surface area (Å²) in [6, 6.07) is 73.7. The minimum atomic E-state index is -0.151. The highest BCUT2D eigenvalue weighted by atomic mass is 32.1. The van der Waals surface area contributed by atoms with Crippen molar-refractivity contribution in [3.05, 3.63) is 216 Å². The molecular formula is C64H44S. The van der Waals surface area contributed by atoms with Crippen LogP contribution in [0.25, 0.3) is 119 Å². The zero-order valence-electron chi connectivity index (χ0n) is 36.9. The monoisotopic (exact) mass is 844 g/mol. The van der Waals surface area contributed by atoms with Crippen LogP contribution in [0.15, 0.2) is 194 Å². The molecule has 0 atom stereocenters. The maximum absolute atomic E-state index is 2.51. The molecule has 11 aromatic carbocycles. The lowest BCUT2D eigenvalue weighted by Crippen LogP contribution is -2.15. The van der Waals surface area contributed by atoms with Crippen molar-refractivity contribution in [2.24, 2.45) is 0 Å². The van der Waals surface area contributed by atoms with Crippen molar-refractivity contribution in [3.8, 4) is 55.6 Å². The molecule has 2 aliphatic rings. The van der Waals surface area contributed by atoms with Crippen LogP contribution in [0.2, 0.25) is 0 Å². The van der Waals surface area contributed by atoms with Crippen LogP contribution >= 0.6 is 11.3 Å². The van der Waals surface area contributed by atoms with Gasteiger partial charge in [0.2, 0.25) is 0 Å². The summed E-state index contributed by atoms with van der Waals surface area (Å²) in [6.07, 6.45) is 0. The second kappa shape index (κ2) is 13.1. The molecule has 0 amide bonds. The molecule has 2 aliphatic carbocycles. The SMILES string of the molecule is CC1(C)c2ccc(-c3ccc4c(c3)sc3cc5c(cc34)C(C)(C)c3c-5ccc4ccccc34)cc2-c2ccc(-c3c4ccccc4c(-c4cccc5ccccc45)c4ccccc34)cc21. The molecule has 1 aromatic heterocycles. The van der Waals surface area contributed by atoms with Crippen LogP contribution in [-0.2, 0) is 10.8 Å². The van der Waals surface area contributed by atoms with E-state index in [-0.39, 0.29) is 10.8 Å². The lowest BCUT2D eigenvalue weighted by molar-refractivity contribution is 0.660. The van der Waals surface area contributed by atoms with Gasteiger partial charge in [-0.25, -0.2) is 0 Å². The Morgan fingerprint density at radius 2 is 0.846 bits per heavy atom. The van der Waals surface area contributed by atoms with E-state index >= 15 is 0 Å². The van der Waals surface area contributed by atoms with Crippen LogP contribution in [0, 0.1) is 0 Å². The fourth-order valence-corrected chi connectivity index (χ4v) is 13.5. The van der Waals surface area contributed by atoms with Crippen molar-refractivity contribution >= 4 is 74.6 Å². The van der Waals surface area contributed by atoms with E-state index in [1.807, 2.05) is 11.3 Å². The highest BCUT2D eigenvalue weighted by Gasteiger charge is 2.38. The lowest BCUT2D eigenvalue weighted by atomic mass is 9.80. The van der Waals surface area contributed by atoms with Gasteiger partial charge in [0, 0.05) is 31.0 Å². The molecule has 0 nitrogen and oxygen atoms in total. The third-order valence-electron chi connectivity index (χ3n) is 15.4. The lowest BCUT2D eigenvalue weighted by Gasteiger charge is -2.23. The standard InChI is InChI=1S/C64H44S/c1-63(2)55-31-27-39(40-25-29-45-54-35-57-53(36-59(54)65-58(45)34-40)51-30-24-38-15-6-8-18-43(38)62(51)64(57,3)4)32-52(55)44-28-26-41(33-56(44)63)60-47-19-9-11-21-49(47)61(50-22-12-10-20-48(50)60)46-23-13-16-37-14-5-7-17-42(37)46/h5-36H,1-4H3. The number of benzene rings is 11. The maximum Gasteiger partial charge on any atom is 0.0361 e. The molecule has 65 heavy (non-hydrogen) atoms. The molecule has 0 saturated carbocycles. The van der Waals surface area contributed by atoms with Gasteiger partial charge in [-0.1, -0.05) is 191 Å². The molecular weight excluding hydrogens is 801 g/mol. The Morgan fingerprint density at radius 3 is 1.60 bits per heavy atom. The Hall–Kier alpha value is -7.32. The molecule has 0 radical (unpaired) electrons. The smallest absolute Gasteiger partial charge is 0.0361 e. The summed E-state index contributed by atoms with van der Waals surface area (Å²) in [4.78, 5) is 0. The Balaban J connectivity index is 0.878. The van der Waals surface area contributed by atoms with E-state index in [0.29, 0.717) is 0 Å². The molecule has 12 aromatic rings. The van der Waals surface area contributed by atoms with Gasteiger partial charge in [0.25, 0.3) is 0 Å². The van der Waals surface area contributed by atoms with Crippen LogP contribution in [0.1, 0.15) is 49.9 Å². The second-order valence-electron chi connectivity index (χ2n) is 19.6. The summed E-state index contributed by atoms with van der Waals surface area (Å²) in [6.45, 7) is 9.63. The maximum atomic E-state index is 2.51. The average molecular weight is 845 g/mol. The summed E-state index contributed by atoms with van der Waals surface area (Å²) in [5, 5.41) is 13.1. The normalized spacial score (nSPS) is 14.4. The highest BCUT2D eigenvalue weighted by Crippen LogP contribution is 2.55. The van der Waals surface area contributed by atoms with E-state index < -0.39 is 0 Å². The first kappa shape index (κ1) is 37.1. The van der Waals surface area contributed by atoms with Gasteiger partial charge in [0.1, 0.15) is 0 Å². The summed E-state index contributed by atoms with van der Waals surface area (Å²) in [5.41, 5.74) is 18.6. The van der Waals surface area contributed by atoms with Gasteiger partial charge in [-0.2, -0.15) is 0 Å². The molecule has 306 valence electrons. The van der Waals surface area contributed by atoms with Gasteiger partial charge in [-0.3, -0.25) is 0 Å². The zero-order chi connectivity index (χ0) is 43.3. The second-order valence-corrected chi connectivity index (χ2v) is 20.6. The predicted molar refractivity (Wildman–Crippen MR) is 281 cm³/mol. The van der Waals surface area contributed by atoms with Crippen molar-refractivity contribution in [2.75, 3.05) is 0 Å². The van der Waals surface area contributed by atoms with Gasteiger partial charge in [-0.05, 0) is 151 Å². The first-order valence-corrected chi connectivity index (χ1v) is 23.8. The molecule has 0 unspecified atom stereocenters. The van der Waals surface area contributed by atoms with E-state index in [9.17, 15) is 0 Å². The van der Waals surface area contributed by atoms with E-state index in [1.165, 1.54) is 141 Å². The van der Waals surface area contributed by atoms with Crippen molar-refractivity contribution in [1.29, 1.82) is 0 Å². The molecule has 0 saturated heterocycles. The Labute approximate surface area is 383 Å². The van der Waals surface area contributed by atoms with Crippen LogP contribution in [0.4, 0.5) is 0 Å². The van der Waals surface area contributed by atoms with Gasteiger partial charge < -0.3 is 0 Å². The fraction of sp³-hybridized carbons (Fsp3) is 0.0938. The minimum absolute atomic E-state index is 0.0759. The fourth-order valence-electron chi connectivity index (χ4n) is 12.3. The predicted octanol–water partition coefficient (Wildman–Crippen LogP) is 18.3. The summed E-state index contributed by atoms with van der Waals surface area (Å²) in [7, 11) is 0. The number of hydrogen-bond donors (Lipinski definition) is 0. The van der Waals surface area contributed by atoms with Gasteiger partial charge in [-0.15, -0.1) is 11.3 Å². The topological polar surface area (TPSA) is 0 Å². The van der Waals surface area contributed by atoms with Crippen molar-refractivity contribution in [3.63, 3.8) is 0 Å². The van der Waals surface area contributed by atoms with E-state index in [0.717, 1.165) is 0 Å². The Kier molecular flexibility index (Phi) is 7.49. The van der Waals surface area contributed by atoms with Crippen LogP contribution < -0.4 is 0 Å². The summed E-state index contributed by atoms with van der Waals surface area (Å²) < 4.78 is 2.70. The van der Waals surface area contributed by atoms with E-state index in [4.69, 9.17) is 0 Å². The van der Waals surface area contributed by atoms with Crippen molar-refractivity contribution < 1.29 is 0 Å². The third-order valence-corrected chi connectivity index (χ3v) is 16.5. The van der Waals surface area contributed by atoms with Gasteiger partial charge in [0.05, 0.1) is 0 Å². The summed E-state index contributed by atoms with van der Waals surface area (Å²) in [5.74, 6) is 0. The van der Waals surface area contributed by atoms with E-state index in [2.05, 4.69) is 222 Å². The van der Waals surface area contributed by atoms with Crippen LogP contribution in [0.5, 0.6) is 0 Å². The van der Waals surface area contributed by atoms with Crippen LogP contribution in [-0.4, -0.2) is 0 Å². The van der Waals surface area contributed by atoms with Gasteiger partial charge in [0.15, 0.2) is 0 Å². The van der Waals surface area contributed by atoms with Crippen molar-refractivity contribution in [1.82, 2.24) is 0 Å². The largest absolute Gasteiger partial charge is 0.135 e. The quantitative estimate of drug-likeness (QED) is 0.155. The first-order chi connectivity index (χ1) is 31.7. The molecule has 0 N–H and O–H groups in total. The average Bonchev–Trinajstić information content (AvgIpc) is 3.90. The molecule has 1 heteroatoms. The number of thiophene rings is 1. The van der Waals surface area contributed by atoms with E-state index in [1.54, 1.807) is 0 Å². The third kappa shape index (κ3) is 5.08. The zero-order valence-corrected chi connectivity index (χ0v) is 37.7. The molecule has 0 bridgehead atoms. The number of hydrogen-bond acceptors (Lipinski definition) is 1. The molecule has 0 aliphatic heterocycles. The molecule has 0 fully saturated rings. The van der Waals surface area contributed by atoms with Crippen molar-refractivity contribution in [2.45, 2.75) is 38.5 Å². The van der Waals surface area contributed by atoms with Gasteiger partial charge >= 0.3 is 0 Å². The first-order valence-electron chi connectivity index (χ1n) is 23.0. The molecule has 14 rings (SSSR count). The Bertz CT molecular complexity index is 4000. The minimum Gasteiger partial charge on any atom is -0.135 e. The summed E-state index contributed by atoms with van der Waals surface area (Å²) >= 11 is 1.93.